The van der Waals surface area contributed by atoms with Crippen LogP contribution < -0.4 is 4.90 Å². The number of esters is 1. The molecule has 0 spiro atoms. The summed E-state index contributed by atoms with van der Waals surface area (Å²) in [6.45, 7) is 5.64. The maximum absolute atomic E-state index is 12.8. The van der Waals surface area contributed by atoms with Gasteiger partial charge in [0.05, 0.1) is 11.1 Å². The quantitative estimate of drug-likeness (QED) is 0.485. The summed E-state index contributed by atoms with van der Waals surface area (Å²) in [6.07, 6.45) is 0. The molecule has 0 saturated heterocycles. The van der Waals surface area contributed by atoms with Crippen LogP contribution in [0, 0.1) is 0 Å². The van der Waals surface area contributed by atoms with Crippen LogP contribution >= 0.6 is 0 Å². The lowest BCUT2D eigenvalue weighted by atomic mass is 9.95. The van der Waals surface area contributed by atoms with Gasteiger partial charge in [0.15, 0.2) is 0 Å². The van der Waals surface area contributed by atoms with Crippen LogP contribution in [0.5, 0.6) is 0 Å². The molecule has 0 radical (unpaired) electrons. The van der Waals surface area contributed by atoms with E-state index in [1.807, 2.05) is 42.5 Å². The van der Waals surface area contributed by atoms with Gasteiger partial charge in [-0.2, -0.15) is 0 Å². The highest BCUT2D eigenvalue weighted by Crippen LogP contribution is 2.37. The SMILES string of the molecule is CCN(CC)c1ccccc1C(O)(OC(=O)c1ccccc1)c1ccccc1. The van der Waals surface area contributed by atoms with Gasteiger partial charge in [-0.05, 0) is 38.1 Å². The lowest BCUT2D eigenvalue weighted by Crippen LogP contribution is -2.36. The lowest BCUT2D eigenvalue weighted by Gasteiger charge is -2.33. The Kier molecular flexibility index (Phi) is 6.12. The van der Waals surface area contributed by atoms with Gasteiger partial charge in [0.2, 0.25) is 0 Å². The fourth-order valence-corrected chi connectivity index (χ4v) is 3.30. The minimum Gasteiger partial charge on any atom is -0.421 e. The predicted octanol–water partition coefficient (Wildman–Crippen LogP) is 4.58. The number of para-hydroxylation sites is 1. The van der Waals surface area contributed by atoms with E-state index in [0.717, 1.165) is 18.8 Å². The van der Waals surface area contributed by atoms with Crippen molar-refractivity contribution in [3.63, 3.8) is 0 Å². The van der Waals surface area contributed by atoms with Crippen molar-refractivity contribution in [3.05, 3.63) is 102 Å². The van der Waals surface area contributed by atoms with Gasteiger partial charge in [-0.25, -0.2) is 4.79 Å². The number of aliphatic hydroxyl groups is 1. The average molecular weight is 375 g/mol. The summed E-state index contributed by atoms with van der Waals surface area (Å²) in [5.41, 5.74) is 2.25. The van der Waals surface area contributed by atoms with E-state index in [9.17, 15) is 9.90 Å². The fourth-order valence-electron chi connectivity index (χ4n) is 3.30. The number of carbonyl (C=O) groups excluding carboxylic acids is 1. The van der Waals surface area contributed by atoms with Crippen LogP contribution in [0.15, 0.2) is 84.9 Å². The highest BCUT2D eigenvalue weighted by Gasteiger charge is 2.39. The summed E-state index contributed by atoms with van der Waals surface area (Å²) < 4.78 is 5.77. The van der Waals surface area contributed by atoms with Crippen molar-refractivity contribution in [3.8, 4) is 0 Å². The first-order valence-electron chi connectivity index (χ1n) is 9.50. The molecule has 0 heterocycles. The average Bonchev–Trinajstić information content (AvgIpc) is 2.76. The third-order valence-corrected chi connectivity index (χ3v) is 4.79. The van der Waals surface area contributed by atoms with Crippen molar-refractivity contribution < 1.29 is 14.6 Å². The van der Waals surface area contributed by atoms with E-state index in [4.69, 9.17) is 4.74 Å². The minimum atomic E-state index is -1.91. The molecule has 3 aromatic rings. The molecule has 1 N–H and O–H groups in total. The van der Waals surface area contributed by atoms with Crippen molar-refractivity contribution in [1.82, 2.24) is 0 Å². The first-order chi connectivity index (χ1) is 13.6. The molecule has 28 heavy (non-hydrogen) atoms. The zero-order valence-electron chi connectivity index (χ0n) is 16.2. The van der Waals surface area contributed by atoms with Gasteiger partial charge in [0, 0.05) is 24.3 Å². The predicted molar refractivity (Wildman–Crippen MR) is 111 cm³/mol. The van der Waals surface area contributed by atoms with Gasteiger partial charge in [-0.15, -0.1) is 0 Å². The Morgan fingerprint density at radius 3 is 2.00 bits per heavy atom. The second kappa shape index (κ2) is 8.72. The lowest BCUT2D eigenvalue weighted by molar-refractivity contribution is -0.140. The Morgan fingerprint density at radius 2 is 1.39 bits per heavy atom. The van der Waals surface area contributed by atoms with Crippen molar-refractivity contribution in [1.29, 1.82) is 0 Å². The molecule has 0 amide bonds. The van der Waals surface area contributed by atoms with Crippen LogP contribution in [-0.2, 0) is 10.5 Å². The molecule has 0 aliphatic rings. The molecule has 4 nitrogen and oxygen atoms in total. The summed E-state index contributed by atoms with van der Waals surface area (Å²) in [7, 11) is 0. The van der Waals surface area contributed by atoms with E-state index in [0.29, 0.717) is 16.7 Å². The highest BCUT2D eigenvalue weighted by molar-refractivity contribution is 5.90. The van der Waals surface area contributed by atoms with Crippen molar-refractivity contribution in [2.75, 3.05) is 18.0 Å². The van der Waals surface area contributed by atoms with E-state index in [1.54, 1.807) is 42.5 Å². The number of carbonyl (C=O) groups is 1. The standard InChI is InChI=1S/C24H25NO3/c1-3-25(4-2)22-18-12-11-17-21(22)24(27,20-15-9-6-10-16-20)28-23(26)19-13-7-5-8-14-19/h5-18,27H,3-4H2,1-2H3. The van der Waals surface area contributed by atoms with Crippen molar-refractivity contribution in [2.45, 2.75) is 19.6 Å². The number of benzene rings is 3. The highest BCUT2D eigenvalue weighted by atomic mass is 16.7. The van der Waals surface area contributed by atoms with Gasteiger partial charge in [0.1, 0.15) is 0 Å². The van der Waals surface area contributed by atoms with Crippen LogP contribution in [0.4, 0.5) is 5.69 Å². The molecule has 0 aliphatic carbocycles. The molecule has 4 heteroatoms. The van der Waals surface area contributed by atoms with Crippen LogP contribution in [0.2, 0.25) is 0 Å². The number of nitrogens with zero attached hydrogens (tertiary/aromatic N) is 1. The Balaban J connectivity index is 2.12. The van der Waals surface area contributed by atoms with Gasteiger partial charge < -0.3 is 14.7 Å². The van der Waals surface area contributed by atoms with Crippen molar-refractivity contribution in [2.24, 2.45) is 0 Å². The smallest absolute Gasteiger partial charge is 0.341 e. The van der Waals surface area contributed by atoms with Gasteiger partial charge in [0.25, 0.3) is 5.79 Å². The zero-order valence-corrected chi connectivity index (χ0v) is 16.2. The van der Waals surface area contributed by atoms with Gasteiger partial charge in [-0.1, -0.05) is 60.7 Å². The molecule has 0 aliphatic heterocycles. The van der Waals surface area contributed by atoms with E-state index in [1.165, 1.54) is 0 Å². The molecule has 0 saturated carbocycles. The third-order valence-electron chi connectivity index (χ3n) is 4.79. The second-order valence-corrected chi connectivity index (χ2v) is 6.46. The Bertz CT molecular complexity index is 907. The maximum atomic E-state index is 12.8. The zero-order chi connectivity index (χ0) is 20.0. The topological polar surface area (TPSA) is 49.8 Å². The molecule has 0 fully saturated rings. The largest absolute Gasteiger partial charge is 0.421 e. The number of anilines is 1. The van der Waals surface area contributed by atoms with E-state index in [-0.39, 0.29) is 0 Å². The maximum Gasteiger partial charge on any atom is 0.341 e. The number of hydrogen-bond donors (Lipinski definition) is 1. The summed E-state index contributed by atoms with van der Waals surface area (Å²) in [5, 5.41) is 11.7. The molecule has 3 aromatic carbocycles. The van der Waals surface area contributed by atoms with Crippen molar-refractivity contribution >= 4 is 11.7 Å². The summed E-state index contributed by atoms with van der Waals surface area (Å²) in [6, 6.07) is 25.2. The first kappa shape index (κ1) is 19.6. The Hall–Kier alpha value is -3.11. The summed E-state index contributed by atoms with van der Waals surface area (Å²) >= 11 is 0. The Labute approximate surface area is 166 Å². The third kappa shape index (κ3) is 3.92. The first-order valence-corrected chi connectivity index (χ1v) is 9.50. The van der Waals surface area contributed by atoms with Gasteiger partial charge >= 0.3 is 5.97 Å². The number of ether oxygens (including phenoxy) is 1. The van der Waals surface area contributed by atoms with E-state index in [2.05, 4.69) is 18.7 Å². The molecule has 0 bridgehead atoms. The summed E-state index contributed by atoms with van der Waals surface area (Å²) in [4.78, 5) is 15.0. The Morgan fingerprint density at radius 1 is 0.857 bits per heavy atom. The normalized spacial score (nSPS) is 12.8. The molecular weight excluding hydrogens is 350 g/mol. The monoisotopic (exact) mass is 375 g/mol. The summed E-state index contributed by atoms with van der Waals surface area (Å²) in [5.74, 6) is -2.49. The van der Waals surface area contributed by atoms with E-state index < -0.39 is 11.8 Å². The van der Waals surface area contributed by atoms with Crippen LogP contribution in [0.1, 0.15) is 35.3 Å². The molecule has 3 rings (SSSR count). The molecule has 144 valence electrons. The van der Waals surface area contributed by atoms with Crippen LogP contribution in [0.3, 0.4) is 0 Å². The molecule has 0 aromatic heterocycles. The number of rotatable bonds is 7. The van der Waals surface area contributed by atoms with Crippen LogP contribution in [-0.4, -0.2) is 24.2 Å². The fraction of sp³-hybridized carbons (Fsp3) is 0.208. The second-order valence-electron chi connectivity index (χ2n) is 6.46. The molecular formula is C24H25NO3. The number of hydrogen-bond acceptors (Lipinski definition) is 4. The van der Waals surface area contributed by atoms with E-state index >= 15 is 0 Å². The minimum absolute atomic E-state index is 0.386. The molecule has 1 unspecified atom stereocenters. The van der Waals surface area contributed by atoms with Gasteiger partial charge in [-0.3, -0.25) is 0 Å². The van der Waals surface area contributed by atoms with Crippen LogP contribution in [0.25, 0.3) is 0 Å². The molecule has 1 atom stereocenters.